The predicted octanol–water partition coefficient (Wildman–Crippen LogP) is 6.09. The molecule has 4 aromatic carbocycles. The number of para-hydroxylation sites is 1. The molecule has 0 radical (unpaired) electrons. The van der Waals surface area contributed by atoms with Gasteiger partial charge in [0.05, 0.1) is 36.9 Å². The largest absolute Gasteiger partial charge is 0.506 e. The first kappa shape index (κ1) is 40.7. The topological polar surface area (TPSA) is 156 Å². The molecule has 2 fully saturated rings. The number of nitrogens with one attached hydrogen (secondary N) is 3. The molecule has 7 rings (SSSR count). The Bertz CT molecular complexity index is 2200. The van der Waals surface area contributed by atoms with Crippen molar-refractivity contribution in [1.82, 2.24) is 20.1 Å². The van der Waals surface area contributed by atoms with Gasteiger partial charge in [-0.3, -0.25) is 19.8 Å². The van der Waals surface area contributed by atoms with Crippen LogP contribution in [-0.4, -0.2) is 96.1 Å². The van der Waals surface area contributed by atoms with Crippen LogP contribution in [0.2, 0.25) is 0 Å². The van der Waals surface area contributed by atoms with E-state index in [1.165, 1.54) is 23.3 Å². The second kappa shape index (κ2) is 19.3. The van der Waals surface area contributed by atoms with Gasteiger partial charge in [0.25, 0.3) is 0 Å². The van der Waals surface area contributed by atoms with Gasteiger partial charge in [-0.2, -0.15) is 0 Å². The van der Waals surface area contributed by atoms with Crippen LogP contribution >= 0.6 is 0 Å². The standard InChI is InChI=1S/C46H53N5O7/c1-50(22-21-47-27-42(53)38-15-17-41(52)45-39(38)16-18-43(54)49-45)44(55)20-24-57-23-19-31-11-13-32(14-12-31)28-51-29-34-25-36(26-35(34)30-51)58-46(56)48-40-10-6-5-9-37(40)33-7-3-2-4-8-33/h2-18,34-36,42,47,52-53H,19-30H2,1H3,(H,48,56)(H,49,54)/t34?,35?,36?,42-/m0/s1. The number of aromatic hydroxyl groups is 1. The number of aromatic nitrogens is 1. The number of fused-ring (bicyclic) bond motifs is 2. The Kier molecular flexibility index (Phi) is 13.5. The predicted molar refractivity (Wildman–Crippen MR) is 225 cm³/mol. The average Bonchev–Trinajstić information content (AvgIpc) is 3.78. The lowest BCUT2D eigenvalue weighted by Crippen LogP contribution is -2.35. The van der Waals surface area contributed by atoms with E-state index in [2.05, 4.69) is 44.8 Å². The lowest BCUT2D eigenvalue weighted by Gasteiger charge is -2.20. The van der Waals surface area contributed by atoms with Crippen LogP contribution in [0.4, 0.5) is 10.5 Å². The van der Waals surface area contributed by atoms with Crippen LogP contribution in [0, 0.1) is 11.8 Å². The van der Waals surface area contributed by atoms with E-state index in [1.807, 2.05) is 54.6 Å². The number of likely N-dealkylation sites (N-methyl/N-ethyl adjacent to an activating group) is 1. The van der Waals surface area contributed by atoms with Gasteiger partial charge < -0.3 is 34.9 Å². The number of anilines is 1. The number of H-pyrrole nitrogens is 1. The fourth-order valence-corrected chi connectivity index (χ4v) is 8.30. The number of phenols is 1. The molecule has 5 N–H and O–H groups in total. The van der Waals surface area contributed by atoms with Gasteiger partial charge in [0, 0.05) is 63.3 Å². The molecule has 2 aliphatic rings. The van der Waals surface area contributed by atoms with Crippen LogP contribution in [0.1, 0.15) is 42.1 Å². The third-order valence-electron chi connectivity index (χ3n) is 11.4. The molecule has 12 heteroatoms. The van der Waals surface area contributed by atoms with Crippen molar-refractivity contribution in [2.24, 2.45) is 11.8 Å². The van der Waals surface area contributed by atoms with E-state index < -0.39 is 12.2 Å². The molecule has 2 unspecified atom stereocenters. The van der Waals surface area contributed by atoms with E-state index in [-0.39, 0.29) is 36.3 Å². The molecule has 2 amide bonds. The fraction of sp³-hybridized carbons (Fsp3) is 0.370. The molecule has 58 heavy (non-hydrogen) atoms. The fourth-order valence-electron chi connectivity index (χ4n) is 8.30. The van der Waals surface area contributed by atoms with E-state index >= 15 is 0 Å². The highest BCUT2D eigenvalue weighted by Crippen LogP contribution is 2.40. The maximum Gasteiger partial charge on any atom is 0.411 e. The highest BCUT2D eigenvalue weighted by Gasteiger charge is 2.42. The summed E-state index contributed by atoms with van der Waals surface area (Å²) in [5.74, 6) is 0.992. The number of aliphatic hydroxyl groups is 1. The van der Waals surface area contributed by atoms with Crippen LogP contribution in [0.15, 0.2) is 108 Å². The minimum Gasteiger partial charge on any atom is -0.506 e. The molecule has 1 aliphatic carbocycles. The molecule has 1 saturated carbocycles. The SMILES string of the molecule is CN(CCNC[C@H](O)c1ccc(O)c2[nH]c(=O)ccc12)C(=O)CCOCCc1ccc(CN2CC3CC(OC(=O)Nc4ccccc4-c4ccccc4)CC3C2)cc1. The van der Waals surface area contributed by atoms with Crippen LogP contribution < -0.4 is 16.2 Å². The minimum atomic E-state index is -0.862. The highest BCUT2D eigenvalue weighted by molar-refractivity contribution is 5.91. The van der Waals surface area contributed by atoms with Crippen molar-refractivity contribution >= 4 is 28.6 Å². The molecule has 2 heterocycles. The van der Waals surface area contributed by atoms with Crippen LogP contribution in [-0.2, 0) is 27.2 Å². The second-order valence-electron chi connectivity index (χ2n) is 15.5. The summed E-state index contributed by atoms with van der Waals surface area (Å²) < 4.78 is 11.7. The summed E-state index contributed by atoms with van der Waals surface area (Å²) in [7, 11) is 1.75. The first-order valence-corrected chi connectivity index (χ1v) is 20.2. The number of hydrogen-bond acceptors (Lipinski definition) is 9. The highest BCUT2D eigenvalue weighted by atomic mass is 16.6. The molecule has 1 aromatic heterocycles. The zero-order valence-electron chi connectivity index (χ0n) is 32.9. The monoisotopic (exact) mass is 787 g/mol. The van der Waals surface area contributed by atoms with E-state index in [9.17, 15) is 24.6 Å². The number of hydrogen-bond donors (Lipinski definition) is 5. The van der Waals surface area contributed by atoms with Crippen LogP contribution in [0.25, 0.3) is 22.0 Å². The maximum atomic E-state index is 12.9. The quantitative estimate of drug-likeness (QED) is 0.0705. The van der Waals surface area contributed by atoms with Gasteiger partial charge in [0.2, 0.25) is 11.5 Å². The summed E-state index contributed by atoms with van der Waals surface area (Å²) in [6.45, 7) is 5.01. The molecular weight excluding hydrogens is 735 g/mol. The molecule has 5 aromatic rings. The van der Waals surface area contributed by atoms with Gasteiger partial charge >= 0.3 is 6.09 Å². The molecule has 1 aliphatic heterocycles. The number of carbonyl (C=O) groups excluding carboxylic acids is 2. The minimum absolute atomic E-state index is 0.0135. The third kappa shape index (κ3) is 10.5. The number of ether oxygens (including phenoxy) is 2. The Morgan fingerprint density at radius 3 is 2.40 bits per heavy atom. The van der Waals surface area contributed by atoms with Crippen molar-refractivity contribution in [1.29, 1.82) is 0 Å². The van der Waals surface area contributed by atoms with Crippen molar-refractivity contribution in [3.05, 3.63) is 130 Å². The first-order chi connectivity index (χ1) is 28.2. The summed E-state index contributed by atoms with van der Waals surface area (Å²) >= 11 is 0. The van der Waals surface area contributed by atoms with Crippen molar-refractivity contribution in [2.75, 3.05) is 58.3 Å². The van der Waals surface area contributed by atoms with Crippen LogP contribution in [0.3, 0.4) is 0 Å². The number of phenolic OH excluding ortho intramolecular Hbond substituents is 1. The number of carbonyl (C=O) groups is 2. The van der Waals surface area contributed by atoms with E-state index in [0.717, 1.165) is 55.7 Å². The third-order valence-corrected chi connectivity index (χ3v) is 11.4. The zero-order valence-corrected chi connectivity index (χ0v) is 32.9. The normalized spacial score (nSPS) is 18.2. The Labute approximate surface area is 338 Å². The zero-order chi connectivity index (χ0) is 40.4. The molecule has 0 bridgehead atoms. The van der Waals surface area contributed by atoms with Gasteiger partial charge in [-0.15, -0.1) is 0 Å². The van der Waals surface area contributed by atoms with Crippen LogP contribution in [0.5, 0.6) is 5.75 Å². The Hall–Kier alpha value is -5.53. The van der Waals surface area contributed by atoms with Gasteiger partial charge in [-0.25, -0.2) is 4.79 Å². The number of aliphatic hydroxyl groups excluding tert-OH is 1. The van der Waals surface area contributed by atoms with Crippen molar-refractivity contribution < 1.29 is 29.3 Å². The summed E-state index contributed by atoms with van der Waals surface area (Å²) in [4.78, 5) is 44.0. The summed E-state index contributed by atoms with van der Waals surface area (Å²) in [5.41, 5.74) is 5.78. The number of likely N-dealkylation sites (tertiary alicyclic amines) is 1. The molecule has 0 spiro atoms. The smallest absolute Gasteiger partial charge is 0.411 e. The first-order valence-electron chi connectivity index (χ1n) is 20.2. The van der Waals surface area contributed by atoms with E-state index in [1.54, 1.807) is 24.1 Å². The van der Waals surface area contributed by atoms with E-state index in [0.29, 0.717) is 54.6 Å². The molecule has 304 valence electrons. The molecule has 3 atom stereocenters. The Morgan fingerprint density at radius 2 is 1.62 bits per heavy atom. The van der Waals surface area contributed by atoms with Gasteiger partial charge in [-0.1, -0.05) is 78.9 Å². The number of benzene rings is 4. The Balaban J connectivity index is 0.743. The van der Waals surface area contributed by atoms with Crippen molar-refractivity contribution in [3.8, 4) is 16.9 Å². The number of nitrogens with zero attached hydrogens (tertiary/aromatic N) is 2. The Morgan fingerprint density at radius 1 is 0.897 bits per heavy atom. The summed E-state index contributed by atoms with van der Waals surface area (Å²) in [6, 6.07) is 32.5. The van der Waals surface area contributed by atoms with Gasteiger partial charge in [0.1, 0.15) is 11.9 Å². The lowest BCUT2D eigenvalue weighted by molar-refractivity contribution is -0.131. The average molecular weight is 788 g/mol. The van der Waals surface area contributed by atoms with Gasteiger partial charge in [-0.05, 0) is 71.6 Å². The number of rotatable bonds is 17. The van der Waals surface area contributed by atoms with Crippen molar-refractivity contribution in [3.63, 3.8) is 0 Å². The maximum absolute atomic E-state index is 12.9. The summed E-state index contributed by atoms with van der Waals surface area (Å²) in [6.07, 6.45) is 1.53. The number of amides is 2. The number of pyridine rings is 1. The molecular formula is C46H53N5O7. The molecule has 12 nitrogen and oxygen atoms in total. The summed E-state index contributed by atoms with van der Waals surface area (Å²) in [5, 5.41) is 27.6. The lowest BCUT2D eigenvalue weighted by atomic mass is 10.0. The second-order valence-corrected chi connectivity index (χ2v) is 15.5. The molecule has 1 saturated heterocycles. The number of aromatic amines is 1. The van der Waals surface area contributed by atoms with Crippen molar-refractivity contribution in [2.45, 2.75) is 44.4 Å². The van der Waals surface area contributed by atoms with E-state index in [4.69, 9.17) is 9.47 Å². The van der Waals surface area contributed by atoms with Gasteiger partial charge in [0.15, 0.2) is 0 Å².